The molecular formula is C24H18ClNO4. The van der Waals surface area contributed by atoms with Gasteiger partial charge < -0.3 is 14.2 Å². The molecule has 0 N–H and O–H groups in total. The van der Waals surface area contributed by atoms with E-state index in [9.17, 15) is 10.1 Å². The van der Waals surface area contributed by atoms with Gasteiger partial charge in [-0.2, -0.15) is 5.26 Å². The minimum absolute atomic E-state index is 0.295. The average Bonchev–Trinajstić information content (AvgIpc) is 2.77. The summed E-state index contributed by atoms with van der Waals surface area (Å²) in [7, 11) is 3.01. The SMILES string of the molecule is COc1cc(OC)cc(C(=O)Oc2cccc(/C=C(/C#N)c3cccc(Cl)c3)c2)c1. The fourth-order valence-electron chi connectivity index (χ4n) is 2.76. The maximum atomic E-state index is 12.6. The number of halogens is 1. The van der Waals surface area contributed by atoms with Gasteiger partial charge >= 0.3 is 5.97 Å². The van der Waals surface area contributed by atoms with Crippen LogP contribution in [0.5, 0.6) is 17.2 Å². The van der Waals surface area contributed by atoms with E-state index in [4.69, 9.17) is 25.8 Å². The van der Waals surface area contributed by atoms with Crippen LogP contribution in [0, 0.1) is 11.3 Å². The van der Waals surface area contributed by atoms with E-state index in [1.807, 2.05) is 6.07 Å². The molecule has 0 aromatic heterocycles. The molecule has 3 aromatic carbocycles. The van der Waals surface area contributed by atoms with Crippen LogP contribution in [0.4, 0.5) is 0 Å². The normalized spacial score (nSPS) is 10.8. The Kier molecular flexibility index (Phi) is 6.74. The second kappa shape index (κ2) is 9.64. The van der Waals surface area contributed by atoms with Crippen molar-refractivity contribution in [2.45, 2.75) is 0 Å². The van der Waals surface area contributed by atoms with Gasteiger partial charge in [-0.3, -0.25) is 0 Å². The van der Waals surface area contributed by atoms with Gasteiger partial charge in [-0.25, -0.2) is 4.79 Å². The first-order valence-corrected chi connectivity index (χ1v) is 9.33. The summed E-state index contributed by atoms with van der Waals surface area (Å²) in [6, 6.07) is 20.9. The number of allylic oxidation sites excluding steroid dienone is 1. The number of hydrogen-bond donors (Lipinski definition) is 0. The lowest BCUT2D eigenvalue weighted by molar-refractivity contribution is 0.0734. The number of carbonyl (C=O) groups is 1. The summed E-state index contributed by atoms with van der Waals surface area (Å²) in [5.41, 5.74) is 2.15. The maximum absolute atomic E-state index is 12.6. The molecule has 0 spiro atoms. The van der Waals surface area contributed by atoms with E-state index >= 15 is 0 Å². The molecule has 0 aliphatic heterocycles. The van der Waals surface area contributed by atoms with E-state index in [0.29, 0.717) is 44.5 Å². The molecular weight excluding hydrogens is 402 g/mol. The van der Waals surface area contributed by atoms with Crippen LogP contribution >= 0.6 is 11.6 Å². The molecule has 0 bridgehead atoms. The van der Waals surface area contributed by atoms with Crippen molar-refractivity contribution in [1.82, 2.24) is 0 Å². The Morgan fingerprint density at radius 1 is 0.900 bits per heavy atom. The van der Waals surface area contributed by atoms with Gasteiger partial charge in [-0.1, -0.05) is 35.9 Å². The largest absolute Gasteiger partial charge is 0.497 e. The number of rotatable bonds is 6. The molecule has 3 aromatic rings. The van der Waals surface area contributed by atoms with Gasteiger partial charge in [0.1, 0.15) is 17.2 Å². The Bertz CT molecular complexity index is 1130. The van der Waals surface area contributed by atoms with Crippen LogP contribution in [0.2, 0.25) is 5.02 Å². The highest BCUT2D eigenvalue weighted by atomic mass is 35.5. The Morgan fingerprint density at radius 3 is 2.23 bits per heavy atom. The molecule has 3 rings (SSSR count). The highest BCUT2D eigenvalue weighted by Gasteiger charge is 2.13. The lowest BCUT2D eigenvalue weighted by Gasteiger charge is -2.09. The molecule has 0 amide bonds. The molecule has 0 saturated heterocycles. The maximum Gasteiger partial charge on any atom is 0.343 e. The van der Waals surface area contributed by atoms with E-state index < -0.39 is 5.97 Å². The van der Waals surface area contributed by atoms with Gasteiger partial charge in [0.25, 0.3) is 0 Å². The summed E-state index contributed by atoms with van der Waals surface area (Å²) in [5, 5.41) is 10.1. The van der Waals surface area contributed by atoms with Crippen molar-refractivity contribution in [3.63, 3.8) is 0 Å². The standard InChI is InChI=1S/C24H18ClNO4/c1-28-22-12-18(13-23(14-22)29-2)24(27)30-21-8-3-5-16(10-21)9-19(15-26)17-6-4-7-20(25)11-17/h3-14H,1-2H3/b19-9-. The number of esters is 1. The molecule has 0 saturated carbocycles. The topological polar surface area (TPSA) is 68.6 Å². The minimum atomic E-state index is -0.552. The molecule has 0 fully saturated rings. The summed E-state index contributed by atoms with van der Waals surface area (Å²) in [6.07, 6.45) is 1.71. The van der Waals surface area contributed by atoms with Gasteiger partial charge in [0.2, 0.25) is 0 Å². The van der Waals surface area contributed by atoms with Gasteiger partial charge in [0.05, 0.1) is 31.4 Å². The first-order valence-electron chi connectivity index (χ1n) is 8.95. The van der Waals surface area contributed by atoms with Crippen molar-refractivity contribution in [1.29, 1.82) is 5.26 Å². The number of carbonyl (C=O) groups excluding carboxylic acids is 1. The van der Waals surface area contributed by atoms with Gasteiger partial charge in [-0.05, 0) is 53.6 Å². The van der Waals surface area contributed by atoms with Crippen LogP contribution in [0.3, 0.4) is 0 Å². The lowest BCUT2D eigenvalue weighted by atomic mass is 10.0. The third-order valence-electron chi connectivity index (χ3n) is 4.22. The molecule has 0 aliphatic carbocycles. The van der Waals surface area contributed by atoms with E-state index in [1.54, 1.807) is 66.7 Å². The minimum Gasteiger partial charge on any atom is -0.497 e. The lowest BCUT2D eigenvalue weighted by Crippen LogP contribution is -2.09. The monoisotopic (exact) mass is 419 g/mol. The first kappa shape index (κ1) is 21.0. The van der Waals surface area contributed by atoms with Crippen LogP contribution in [0.1, 0.15) is 21.5 Å². The highest BCUT2D eigenvalue weighted by molar-refractivity contribution is 6.30. The second-order valence-electron chi connectivity index (χ2n) is 6.24. The van der Waals surface area contributed by atoms with Crippen LogP contribution in [-0.2, 0) is 0 Å². The molecule has 5 nitrogen and oxygen atoms in total. The summed E-state index contributed by atoms with van der Waals surface area (Å²) in [6.45, 7) is 0. The van der Waals surface area contributed by atoms with Crippen molar-refractivity contribution in [3.05, 3.63) is 88.4 Å². The van der Waals surface area contributed by atoms with Crippen molar-refractivity contribution >= 4 is 29.2 Å². The number of methoxy groups -OCH3 is 2. The smallest absolute Gasteiger partial charge is 0.343 e. The molecule has 150 valence electrons. The Balaban J connectivity index is 1.85. The Hall–Kier alpha value is -3.75. The van der Waals surface area contributed by atoms with Crippen LogP contribution in [0.25, 0.3) is 11.6 Å². The number of nitriles is 1. The highest BCUT2D eigenvalue weighted by Crippen LogP contribution is 2.25. The number of hydrogen-bond acceptors (Lipinski definition) is 5. The van der Waals surface area contributed by atoms with E-state index in [-0.39, 0.29) is 0 Å². The number of ether oxygens (including phenoxy) is 3. The van der Waals surface area contributed by atoms with Gasteiger partial charge in [-0.15, -0.1) is 0 Å². The molecule has 0 atom stereocenters. The Morgan fingerprint density at radius 2 is 1.60 bits per heavy atom. The van der Waals surface area contributed by atoms with E-state index in [2.05, 4.69) is 6.07 Å². The third-order valence-corrected chi connectivity index (χ3v) is 4.46. The zero-order valence-electron chi connectivity index (χ0n) is 16.4. The third kappa shape index (κ3) is 5.19. The molecule has 30 heavy (non-hydrogen) atoms. The zero-order chi connectivity index (χ0) is 21.5. The summed E-state index contributed by atoms with van der Waals surface area (Å²) in [5.74, 6) is 0.763. The quantitative estimate of drug-likeness (QED) is 0.224. The fraction of sp³-hybridized carbons (Fsp3) is 0.0833. The number of nitrogens with zero attached hydrogens (tertiary/aromatic N) is 1. The zero-order valence-corrected chi connectivity index (χ0v) is 17.1. The van der Waals surface area contributed by atoms with Gasteiger partial charge in [0, 0.05) is 11.1 Å². The second-order valence-corrected chi connectivity index (χ2v) is 6.68. The molecule has 0 unspecified atom stereocenters. The molecule has 0 heterocycles. The van der Waals surface area contributed by atoms with E-state index in [1.165, 1.54) is 14.2 Å². The van der Waals surface area contributed by atoms with Crippen molar-refractivity contribution < 1.29 is 19.0 Å². The van der Waals surface area contributed by atoms with Crippen molar-refractivity contribution in [3.8, 4) is 23.3 Å². The predicted octanol–water partition coefficient (Wildman–Crippen LogP) is 5.64. The average molecular weight is 420 g/mol. The van der Waals surface area contributed by atoms with E-state index in [0.717, 1.165) is 0 Å². The summed E-state index contributed by atoms with van der Waals surface area (Å²) >= 11 is 6.02. The molecule has 0 aliphatic rings. The summed E-state index contributed by atoms with van der Waals surface area (Å²) < 4.78 is 15.9. The van der Waals surface area contributed by atoms with Crippen molar-refractivity contribution in [2.24, 2.45) is 0 Å². The van der Waals surface area contributed by atoms with Crippen LogP contribution in [0.15, 0.2) is 66.7 Å². The van der Waals surface area contributed by atoms with Crippen LogP contribution < -0.4 is 14.2 Å². The Labute approximate surface area is 179 Å². The fourth-order valence-corrected chi connectivity index (χ4v) is 2.95. The van der Waals surface area contributed by atoms with Crippen molar-refractivity contribution in [2.75, 3.05) is 14.2 Å². The number of benzene rings is 3. The molecule has 6 heteroatoms. The first-order chi connectivity index (χ1) is 14.5. The predicted molar refractivity (Wildman–Crippen MR) is 116 cm³/mol. The summed E-state index contributed by atoms with van der Waals surface area (Å²) in [4.78, 5) is 12.6. The molecule has 0 radical (unpaired) electrons. The van der Waals surface area contributed by atoms with Gasteiger partial charge in [0.15, 0.2) is 0 Å². The van der Waals surface area contributed by atoms with Crippen LogP contribution in [-0.4, -0.2) is 20.2 Å².